The molecule has 0 amide bonds. The maximum atomic E-state index is 8.89. The first kappa shape index (κ1) is 22.3. The Balaban J connectivity index is 0. The van der Waals surface area contributed by atoms with Crippen molar-refractivity contribution in [3.8, 4) is 0 Å². The second-order valence-corrected chi connectivity index (χ2v) is 6.48. The zero-order chi connectivity index (χ0) is 15.6. The molecule has 0 aliphatic heterocycles. The van der Waals surface area contributed by atoms with Crippen molar-refractivity contribution in [3.05, 3.63) is 0 Å². The van der Waals surface area contributed by atoms with E-state index >= 15 is 0 Å². The molecule has 0 radical (unpaired) electrons. The second kappa shape index (κ2) is 19.1. The van der Waals surface area contributed by atoms with E-state index in [1.807, 2.05) is 0 Å². The van der Waals surface area contributed by atoms with Gasteiger partial charge >= 0.3 is 108 Å². The van der Waals surface area contributed by atoms with E-state index in [4.69, 9.17) is 19.9 Å². The molecule has 0 rings (SSSR count). The third-order valence-corrected chi connectivity index (χ3v) is 4.21. The van der Waals surface area contributed by atoms with E-state index in [1.165, 1.54) is 0 Å². The number of aliphatic carboxylic acids is 1. The summed E-state index contributed by atoms with van der Waals surface area (Å²) in [5.74, 6) is -1.08. The molecular formula is C14H30O5Ti. The van der Waals surface area contributed by atoms with Gasteiger partial charge in [-0.05, 0) is 6.92 Å². The molecule has 0 saturated heterocycles. The van der Waals surface area contributed by atoms with Gasteiger partial charge in [0.05, 0.1) is 0 Å². The SMILES string of the molecule is CC(=O)[O-].CCCC[O][Ti+]([O]CCCC)[O]CCCC. The molecule has 0 fully saturated rings. The summed E-state index contributed by atoms with van der Waals surface area (Å²) in [7, 11) is 0. The summed E-state index contributed by atoms with van der Waals surface area (Å²) < 4.78 is 17.1. The van der Waals surface area contributed by atoms with Crippen molar-refractivity contribution >= 4 is 5.97 Å². The Labute approximate surface area is 131 Å². The van der Waals surface area contributed by atoms with Crippen LogP contribution in [0.25, 0.3) is 0 Å². The van der Waals surface area contributed by atoms with E-state index in [0.717, 1.165) is 65.3 Å². The summed E-state index contributed by atoms with van der Waals surface area (Å²) in [6.07, 6.45) is 6.79. The first-order valence-corrected chi connectivity index (χ1v) is 9.42. The van der Waals surface area contributed by atoms with Gasteiger partial charge in [-0.15, -0.1) is 0 Å². The fourth-order valence-corrected chi connectivity index (χ4v) is 2.87. The van der Waals surface area contributed by atoms with E-state index in [0.29, 0.717) is 0 Å². The van der Waals surface area contributed by atoms with Crippen molar-refractivity contribution < 1.29 is 38.9 Å². The Morgan fingerprint density at radius 2 is 1.10 bits per heavy atom. The molecule has 5 nitrogen and oxygen atoms in total. The second-order valence-electron chi connectivity index (χ2n) is 4.35. The number of carboxylic acid groups (broad SMARTS) is 1. The van der Waals surface area contributed by atoms with Gasteiger partial charge in [0.1, 0.15) is 0 Å². The molecule has 0 bridgehead atoms. The number of unbranched alkanes of at least 4 members (excludes halogenated alkanes) is 3. The van der Waals surface area contributed by atoms with Gasteiger partial charge in [-0.3, -0.25) is 0 Å². The minimum absolute atomic E-state index is 0.796. The fraction of sp³-hybridized carbons (Fsp3) is 0.929. The van der Waals surface area contributed by atoms with Crippen LogP contribution in [0.2, 0.25) is 0 Å². The van der Waals surface area contributed by atoms with Gasteiger partial charge < -0.3 is 9.90 Å². The fourth-order valence-electron chi connectivity index (χ4n) is 1.02. The summed E-state index contributed by atoms with van der Waals surface area (Å²) in [6.45, 7) is 9.86. The third kappa shape index (κ3) is 23.2. The Kier molecular flexibility index (Phi) is 21.3. The van der Waals surface area contributed by atoms with Crippen molar-refractivity contribution in [2.45, 2.75) is 66.2 Å². The van der Waals surface area contributed by atoms with Crippen LogP contribution < -0.4 is 5.11 Å². The normalized spacial score (nSPS) is 9.80. The van der Waals surface area contributed by atoms with Crippen LogP contribution >= 0.6 is 0 Å². The molecule has 0 N–H and O–H groups in total. The Morgan fingerprint density at radius 1 is 0.850 bits per heavy atom. The average Bonchev–Trinajstić information content (AvgIpc) is 2.38. The van der Waals surface area contributed by atoms with Crippen LogP contribution in [0.5, 0.6) is 0 Å². The van der Waals surface area contributed by atoms with Gasteiger partial charge in [0.15, 0.2) is 0 Å². The standard InChI is InChI=1S/3C4H9O.C2H4O2.Ti/c3*1-2-3-4-5;1-2(3)4;/h3*2-4H2,1H3;1H3,(H,3,4);/q3*-1;;+4/p-1. The van der Waals surface area contributed by atoms with Crippen LogP contribution in [0.3, 0.4) is 0 Å². The number of carboxylic acids is 1. The molecule has 20 heavy (non-hydrogen) atoms. The van der Waals surface area contributed by atoms with Crippen molar-refractivity contribution in [2.75, 3.05) is 19.8 Å². The van der Waals surface area contributed by atoms with E-state index in [-0.39, 0.29) is 0 Å². The van der Waals surface area contributed by atoms with Gasteiger partial charge in [-0.25, -0.2) is 0 Å². The van der Waals surface area contributed by atoms with Crippen molar-refractivity contribution in [3.63, 3.8) is 0 Å². The molecule has 0 aliphatic rings. The molecule has 0 heterocycles. The van der Waals surface area contributed by atoms with E-state index in [9.17, 15) is 0 Å². The van der Waals surface area contributed by atoms with Gasteiger partial charge in [0.2, 0.25) is 0 Å². The molecule has 0 aromatic carbocycles. The first-order chi connectivity index (χ1) is 9.58. The number of carbonyl (C=O) groups excluding carboxylic acids is 1. The van der Waals surface area contributed by atoms with Crippen LogP contribution in [-0.4, -0.2) is 25.8 Å². The number of rotatable bonds is 12. The molecule has 0 atom stereocenters. The topological polar surface area (TPSA) is 67.8 Å². The molecule has 120 valence electrons. The molecule has 0 unspecified atom stereocenters. The maximum absolute atomic E-state index is 8.89. The van der Waals surface area contributed by atoms with Crippen LogP contribution in [0.1, 0.15) is 66.2 Å². The molecule has 0 aliphatic carbocycles. The zero-order valence-corrected chi connectivity index (χ0v) is 15.0. The summed E-state index contributed by atoms with van der Waals surface area (Å²) in [5.41, 5.74) is 0. The minimum atomic E-state index is -2.10. The average molecular weight is 326 g/mol. The molecule has 6 heteroatoms. The summed E-state index contributed by atoms with van der Waals surface area (Å²) in [6, 6.07) is 0. The van der Waals surface area contributed by atoms with Crippen molar-refractivity contribution in [1.29, 1.82) is 0 Å². The van der Waals surface area contributed by atoms with Crippen LogP contribution in [0.4, 0.5) is 0 Å². The number of hydrogen-bond acceptors (Lipinski definition) is 5. The Hall–Kier alpha value is 0.0643. The first-order valence-electron chi connectivity index (χ1n) is 7.51. The van der Waals surface area contributed by atoms with Crippen molar-refractivity contribution in [1.82, 2.24) is 0 Å². The summed E-state index contributed by atoms with van der Waals surface area (Å²) >= 11 is -2.10. The van der Waals surface area contributed by atoms with Gasteiger partial charge in [-0.1, -0.05) is 0 Å². The third-order valence-electron chi connectivity index (χ3n) is 2.15. The Morgan fingerprint density at radius 3 is 1.30 bits per heavy atom. The summed E-state index contributed by atoms with van der Waals surface area (Å²) in [4.78, 5) is 8.89. The van der Waals surface area contributed by atoms with E-state index in [1.54, 1.807) is 0 Å². The van der Waals surface area contributed by atoms with Crippen LogP contribution in [-0.2, 0) is 33.8 Å². The van der Waals surface area contributed by atoms with Crippen LogP contribution in [0.15, 0.2) is 0 Å². The quantitative estimate of drug-likeness (QED) is 0.407. The number of carbonyl (C=O) groups is 1. The molecule has 0 saturated carbocycles. The number of hydrogen-bond donors (Lipinski definition) is 0. The Bertz CT molecular complexity index is 174. The molecule has 0 aromatic rings. The van der Waals surface area contributed by atoms with Crippen LogP contribution in [0, 0.1) is 0 Å². The van der Waals surface area contributed by atoms with Gasteiger partial charge in [0.25, 0.3) is 0 Å². The predicted octanol–water partition coefficient (Wildman–Crippen LogP) is 2.56. The monoisotopic (exact) mass is 326 g/mol. The predicted molar refractivity (Wildman–Crippen MR) is 73.3 cm³/mol. The summed E-state index contributed by atoms with van der Waals surface area (Å²) in [5, 5.41) is 8.89. The molecule has 0 spiro atoms. The van der Waals surface area contributed by atoms with Gasteiger partial charge in [-0.2, -0.15) is 0 Å². The zero-order valence-electron chi connectivity index (χ0n) is 13.4. The molecular weight excluding hydrogens is 296 g/mol. The molecule has 0 aromatic heterocycles. The van der Waals surface area contributed by atoms with E-state index < -0.39 is 25.0 Å². The van der Waals surface area contributed by atoms with Crippen molar-refractivity contribution in [2.24, 2.45) is 0 Å². The van der Waals surface area contributed by atoms with Gasteiger partial charge in [0, 0.05) is 5.97 Å². The van der Waals surface area contributed by atoms with E-state index in [2.05, 4.69) is 20.8 Å².